The molecule has 0 amide bonds. The summed E-state index contributed by atoms with van der Waals surface area (Å²) in [5.41, 5.74) is 0. The van der Waals surface area contributed by atoms with E-state index >= 15 is 0 Å². The van der Waals surface area contributed by atoms with Gasteiger partial charge in [0.05, 0.1) is 5.75 Å². The average Bonchev–Trinajstić information content (AvgIpc) is 2.44. The third-order valence-corrected chi connectivity index (χ3v) is 7.16. The van der Waals surface area contributed by atoms with Crippen LogP contribution in [0.1, 0.15) is 32.1 Å². The van der Waals surface area contributed by atoms with Gasteiger partial charge in [-0.3, -0.25) is 4.55 Å². The van der Waals surface area contributed by atoms with Crippen LogP contribution in [0.3, 0.4) is 0 Å². The van der Waals surface area contributed by atoms with Gasteiger partial charge < -0.3 is 0 Å². The zero-order valence-corrected chi connectivity index (χ0v) is 13.2. The second kappa shape index (κ2) is 7.35. The first-order valence-corrected chi connectivity index (χ1v) is 10.1. The monoisotopic (exact) mass is 312 g/mol. The zero-order valence-electron chi connectivity index (χ0n) is 11.5. The van der Waals surface area contributed by atoms with E-state index in [0.717, 1.165) is 31.8 Å². The summed E-state index contributed by atoms with van der Waals surface area (Å²) in [5.74, 6) is -0.127. The summed E-state index contributed by atoms with van der Waals surface area (Å²) in [7, 11) is -4.24. The molecule has 0 aliphatic heterocycles. The normalized spacial score (nSPS) is 19.1. The SMILES string of the molecule is O=S(=O)(O)CCCP(C1=CC=CCC1)C1=CC=CCC1. The van der Waals surface area contributed by atoms with Crippen LogP contribution in [-0.4, -0.2) is 24.9 Å². The molecule has 0 aromatic carbocycles. The summed E-state index contributed by atoms with van der Waals surface area (Å²) in [5, 5.41) is 2.92. The summed E-state index contributed by atoms with van der Waals surface area (Å²) in [6.45, 7) is 0. The third kappa shape index (κ3) is 5.01. The van der Waals surface area contributed by atoms with Gasteiger partial charge in [-0.05, 0) is 48.9 Å². The van der Waals surface area contributed by atoms with Gasteiger partial charge in [-0.1, -0.05) is 44.4 Å². The summed E-state index contributed by atoms with van der Waals surface area (Å²) < 4.78 is 30.6. The molecule has 0 saturated carbocycles. The molecule has 0 aromatic heterocycles. The summed E-state index contributed by atoms with van der Waals surface area (Å²) in [4.78, 5) is 0. The highest BCUT2D eigenvalue weighted by Crippen LogP contribution is 2.57. The van der Waals surface area contributed by atoms with Crippen molar-refractivity contribution in [3.8, 4) is 0 Å². The quantitative estimate of drug-likeness (QED) is 0.590. The van der Waals surface area contributed by atoms with Crippen LogP contribution in [-0.2, 0) is 10.1 Å². The van der Waals surface area contributed by atoms with E-state index in [2.05, 4.69) is 36.5 Å². The largest absolute Gasteiger partial charge is 0.286 e. The molecule has 0 aromatic rings. The van der Waals surface area contributed by atoms with E-state index in [4.69, 9.17) is 4.55 Å². The lowest BCUT2D eigenvalue weighted by Gasteiger charge is -2.26. The number of rotatable bonds is 6. The fourth-order valence-electron chi connectivity index (χ4n) is 2.51. The topological polar surface area (TPSA) is 54.4 Å². The van der Waals surface area contributed by atoms with Crippen LogP contribution in [0.2, 0.25) is 0 Å². The number of hydrogen-bond donors (Lipinski definition) is 1. The highest BCUT2D eigenvalue weighted by atomic mass is 32.2. The average molecular weight is 312 g/mol. The molecule has 2 rings (SSSR count). The minimum Gasteiger partial charge on any atom is -0.286 e. The van der Waals surface area contributed by atoms with Gasteiger partial charge in [-0.25, -0.2) is 0 Å². The smallest absolute Gasteiger partial charge is 0.264 e. The second-order valence-electron chi connectivity index (χ2n) is 5.04. The van der Waals surface area contributed by atoms with Crippen molar-refractivity contribution < 1.29 is 13.0 Å². The van der Waals surface area contributed by atoms with E-state index < -0.39 is 18.0 Å². The van der Waals surface area contributed by atoms with Gasteiger partial charge in [0.2, 0.25) is 0 Å². The van der Waals surface area contributed by atoms with E-state index in [-0.39, 0.29) is 5.75 Å². The molecule has 0 spiro atoms. The van der Waals surface area contributed by atoms with Crippen molar-refractivity contribution in [3.05, 3.63) is 47.1 Å². The van der Waals surface area contributed by atoms with Crippen molar-refractivity contribution >= 4 is 18.0 Å². The highest BCUT2D eigenvalue weighted by molar-refractivity contribution is 7.85. The van der Waals surface area contributed by atoms with E-state index in [9.17, 15) is 8.42 Å². The van der Waals surface area contributed by atoms with Crippen LogP contribution in [0.5, 0.6) is 0 Å². The van der Waals surface area contributed by atoms with E-state index in [1.54, 1.807) is 0 Å². The Bertz CT molecular complexity index is 524. The standard InChI is InChI=1S/C15H21O3PS/c16-20(17,18)13-7-12-19(14-8-3-1-4-9-14)15-10-5-2-6-11-15/h1-3,5,8,10H,4,6-7,9,11-13H2,(H,16,17,18). The molecule has 5 heteroatoms. The predicted octanol–water partition coefficient (Wildman–Crippen LogP) is 4.21. The molecule has 0 unspecified atom stereocenters. The van der Waals surface area contributed by atoms with Crippen LogP contribution in [0.15, 0.2) is 47.1 Å². The maximum absolute atomic E-state index is 10.9. The van der Waals surface area contributed by atoms with Gasteiger partial charge in [0, 0.05) is 0 Å². The van der Waals surface area contributed by atoms with Gasteiger partial charge in [0.15, 0.2) is 0 Å². The molecule has 110 valence electrons. The lowest BCUT2D eigenvalue weighted by molar-refractivity contribution is 0.482. The van der Waals surface area contributed by atoms with Gasteiger partial charge in [0.1, 0.15) is 0 Å². The van der Waals surface area contributed by atoms with Crippen molar-refractivity contribution in [2.45, 2.75) is 32.1 Å². The zero-order chi connectivity index (χ0) is 14.4. The molecule has 2 aliphatic rings. The Morgan fingerprint density at radius 3 is 2.00 bits per heavy atom. The Hall–Kier alpha value is -0.700. The Kier molecular flexibility index (Phi) is 5.76. The highest BCUT2D eigenvalue weighted by Gasteiger charge is 2.20. The third-order valence-electron chi connectivity index (χ3n) is 3.46. The first-order chi connectivity index (χ1) is 9.56. The van der Waals surface area contributed by atoms with Crippen LogP contribution < -0.4 is 0 Å². The first-order valence-electron chi connectivity index (χ1n) is 7.00. The van der Waals surface area contributed by atoms with Crippen LogP contribution in [0.25, 0.3) is 0 Å². The first kappa shape index (κ1) is 15.7. The molecule has 0 fully saturated rings. The van der Waals surface area contributed by atoms with E-state index in [0.29, 0.717) is 6.42 Å². The van der Waals surface area contributed by atoms with Gasteiger partial charge in [-0.15, -0.1) is 0 Å². The summed E-state index contributed by atoms with van der Waals surface area (Å²) >= 11 is 0. The van der Waals surface area contributed by atoms with Crippen LogP contribution in [0.4, 0.5) is 0 Å². The van der Waals surface area contributed by atoms with Gasteiger partial charge in [-0.2, -0.15) is 8.42 Å². The van der Waals surface area contributed by atoms with Crippen molar-refractivity contribution in [3.63, 3.8) is 0 Å². The number of hydrogen-bond acceptors (Lipinski definition) is 2. The van der Waals surface area contributed by atoms with Crippen molar-refractivity contribution in [1.82, 2.24) is 0 Å². The molecule has 0 saturated heterocycles. The molecular weight excluding hydrogens is 291 g/mol. The summed E-state index contributed by atoms with van der Waals surface area (Å²) in [6.07, 6.45) is 18.6. The van der Waals surface area contributed by atoms with E-state index in [1.807, 2.05) is 0 Å². The minimum atomic E-state index is -3.84. The van der Waals surface area contributed by atoms with Crippen molar-refractivity contribution in [2.75, 3.05) is 11.9 Å². The fraction of sp³-hybridized carbons (Fsp3) is 0.467. The Morgan fingerprint density at radius 1 is 1.05 bits per heavy atom. The number of allylic oxidation sites excluding steroid dienone is 8. The maximum Gasteiger partial charge on any atom is 0.264 e. The van der Waals surface area contributed by atoms with Gasteiger partial charge >= 0.3 is 0 Å². The van der Waals surface area contributed by atoms with Crippen molar-refractivity contribution in [1.29, 1.82) is 0 Å². The molecular formula is C15H21O3PS. The fourth-order valence-corrected chi connectivity index (χ4v) is 5.98. The lowest BCUT2D eigenvalue weighted by atomic mass is 10.2. The Balaban J connectivity index is 2.07. The van der Waals surface area contributed by atoms with Gasteiger partial charge in [0.25, 0.3) is 10.1 Å². The maximum atomic E-state index is 10.9. The summed E-state index contributed by atoms with van der Waals surface area (Å²) in [6, 6.07) is 0. The van der Waals surface area contributed by atoms with E-state index in [1.165, 1.54) is 10.6 Å². The Morgan fingerprint density at radius 2 is 1.60 bits per heavy atom. The lowest BCUT2D eigenvalue weighted by Crippen LogP contribution is -2.06. The van der Waals surface area contributed by atoms with Crippen LogP contribution in [0, 0.1) is 0 Å². The van der Waals surface area contributed by atoms with Crippen molar-refractivity contribution in [2.24, 2.45) is 0 Å². The molecule has 3 nitrogen and oxygen atoms in total. The molecule has 2 aliphatic carbocycles. The Labute approximate surface area is 122 Å². The molecule has 0 bridgehead atoms. The second-order valence-corrected chi connectivity index (χ2v) is 9.07. The molecule has 20 heavy (non-hydrogen) atoms. The molecule has 0 heterocycles. The van der Waals surface area contributed by atoms with Crippen LogP contribution >= 0.6 is 7.92 Å². The minimum absolute atomic E-state index is 0.127. The molecule has 0 atom stereocenters. The molecule has 1 N–H and O–H groups in total. The molecule has 0 radical (unpaired) electrons. The predicted molar refractivity (Wildman–Crippen MR) is 85.7 cm³/mol.